The van der Waals surface area contributed by atoms with Crippen molar-refractivity contribution in [1.29, 1.82) is 0 Å². The third kappa shape index (κ3) is 3.58. The first-order valence-corrected chi connectivity index (χ1v) is 9.09. The molecule has 1 aromatic heterocycles. The maximum Gasteiger partial charge on any atom is 0.251 e. The molecular weight excluding hydrogens is 346 g/mol. The van der Waals surface area contributed by atoms with Crippen LogP contribution in [-0.2, 0) is 22.7 Å². The van der Waals surface area contributed by atoms with Crippen molar-refractivity contribution in [3.05, 3.63) is 59.5 Å². The molecule has 2 aromatic rings. The largest absolute Gasteiger partial charge is 0.467 e. The van der Waals surface area contributed by atoms with Crippen molar-refractivity contribution in [2.75, 3.05) is 13.1 Å². The maximum atomic E-state index is 12.6. The summed E-state index contributed by atoms with van der Waals surface area (Å²) in [4.78, 5) is 40.3. The van der Waals surface area contributed by atoms with E-state index in [2.05, 4.69) is 5.32 Å². The van der Waals surface area contributed by atoms with Gasteiger partial charge in [0.15, 0.2) is 0 Å². The van der Waals surface area contributed by atoms with Crippen LogP contribution < -0.4 is 5.32 Å². The molecule has 140 valence electrons. The molecule has 1 aromatic carbocycles. The van der Waals surface area contributed by atoms with Crippen LogP contribution in [0.3, 0.4) is 0 Å². The quantitative estimate of drug-likeness (QED) is 0.869. The van der Waals surface area contributed by atoms with E-state index in [9.17, 15) is 14.4 Å². The predicted molar refractivity (Wildman–Crippen MR) is 96.5 cm³/mol. The number of fused-ring (bicyclic) bond motifs is 1. The minimum Gasteiger partial charge on any atom is -0.467 e. The molecule has 4 rings (SSSR count). The summed E-state index contributed by atoms with van der Waals surface area (Å²) in [6.07, 6.45) is 3.20. The van der Waals surface area contributed by atoms with Gasteiger partial charge in [0, 0.05) is 18.7 Å². The maximum absolute atomic E-state index is 12.6. The van der Waals surface area contributed by atoms with Crippen molar-refractivity contribution in [2.45, 2.75) is 32.0 Å². The van der Waals surface area contributed by atoms with Gasteiger partial charge in [-0.3, -0.25) is 14.4 Å². The fourth-order valence-electron chi connectivity index (χ4n) is 3.66. The Kier molecular flexibility index (Phi) is 4.66. The highest BCUT2D eigenvalue weighted by Gasteiger charge is 2.41. The first kappa shape index (κ1) is 17.3. The van der Waals surface area contributed by atoms with Gasteiger partial charge in [-0.05, 0) is 42.7 Å². The molecule has 0 spiro atoms. The van der Waals surface area contributed by atoms with Crippen LogP contribution in [0, 0.1) is 0 Å². The lowest BCUT2D eigenvalue weighted by Crippen LogP contribution is -2.56. The molecule has 0 saturated carbocycles. The van der Waals surface area contributed by atoms with Crippen molar-refractivity contribution >= 4 is 17.7 Å². The van der Waals surface area contributed by atoms with E-state index in [-0.39, 0.29) is 30.3 Å². The summed E-state index contributed by atoms with van der Waals surface area (Å²) in [6, 6.07) is 10.4. The minimum absolute atomic E-state index is 0.0195. The highest BCUT2D eigenvalue weighted by molar-refractivity contribution is 5.95. The zero-order chi connectivity index (χ0) is 18.8. The van der Waals surface area contributed by atoms with E-state index >= 15 is 0 Å². The minimum atomic E-state index is -0.294. The molecule has 2 saturated heterocycles. The molecule has 1 atom stereocenters. The molecule has 0 unspecified atom stereocenters. The summed E-state index contributed by atoms with van der Waals surface area (Å²) in [7, 11) is 0. The van der Waals surface area contributed by atoms with E-state index in [1.165, 1.54) is 0 Å². The van der Waals surface area contributed by atoms with Crippen molar-refractivity contribution in [2.24, 2.45) is 0 Å². The number of carbonyl (C=O) groups is 3. The lowest BCUT2D eigenvalue weighted by molar-refractivity contribution is -0.154. The summed E-state index contributed by atoms with van der Waals surface area (Å²) in [5.41, 5.74) is 1.43. The third-order valence-corrected chi connectivity index (χ3v) is 5.09. The van der Waals surface area contributed by atoms with E-state index in [4.69, 9.17) is 4.42 Å². The Hall–Kier alpha value is -3.09. The number of piperazine rings is 1. The van der Waals surface area contributed by atoms with Gasteiger partial charge in [0.2, 0.25) is 11.8 Å². The number of furan rings is 1. The third-order valence-electron chi connectivity index (χ3n) is 5.09. The number of hydrogen-bond donors (Lipinski definition) is 1. The number of nitrogens with zero attached hydrogens (tertiary/aromatic N) is 2. The van der Waals surface area contributed by atoms with Crippen LogP contribution in [0.5, 0.6) is 0 Å². The number of benzene rings is 1. The summed E-state index contributed by atoms with van der Waals surface area (Å²) in [6.45, 7) is 1.52. The zero-order valence-electron chi connectivity index (χ0n) is 14.9. The molecule has 2 aliphatic rings. The lowest BCUT2D eigenvalue weighted by atomic mass is 10.1. The Morgan fingerprint density at radius 1 is 1.19 bits per heavy atom. The summed E-state index contributed by atoms with van der Waals surface area (Å²) >= 11 is 0. The van der Waals surface area contributed by atoms with Gasteiger partial charge >= 0.3 is 0 Å². The highest BCUT2D eigenvalue weighted by Crippen LogP contribution is 2.24. The normalized spacial score (nSPS) is 19.3. The van der Waals surface area contributed by atoms with Gasteiger partial charge in [-0.2, -0.15) is 0 Å². The number of hydrogen-bond acceptors (Lipinski definition) is 4. The summed E-state index contributed by atoms with van der Waals surface area (Å²) in [5, 5.41) is 2.79. The second kappa shape index (κ2) is 7.26. The van der Waals surface area contributed by atoms with Crippen molar-refractivity contribution < 1.29 is 18.8 Å². The van der Waals surface area contributed by atoms with Crippen LogP contribution in [0.4, 0.5) is 0 Å². The Balaban J connectivity index is 1.37. The van der Waals surface area contributed by atoms with E-state index in [1.54, 1.807) is 40.3 Å². The average molecular weight is 367 g/mol. The predicted octanol–water partition coefficient (Wildman–Crippen LogP) is 1.54. The first-order chi connectivity index (χ1) is 13.1. The summed E-state index contributed by atoms with van der Waals surface area (Å²) in [5.74, 6) is 0.538. The molecule has 0 radical (unpaired) electrons. The molecule has 0 bridgehead atoms. The van der Waals surface area contributed by atoms with E-state index in [0.29, 0.717) is 31.0 Å². The number of nitrogens with one attached hydrogen (secondary N) is 1. The van der Waals surface area contributed by atoms with E-state index in [0.717, 1.165) is 18.4 Å². The second-order valence-corrected chi connectivity index (χ2v) is 6.90. The van der Waals surface area contributed by atoms with Crippen LogP contribution in [0.2, 0.25) is 0 Å². The average Bonchev–Trinajstić information content (AvgIpc) is 3.36. The van der Waals surface area contributed by atoms with Gasteiger partial charge < -0.3 is 19.5 Å². The smallest absolute Gasteiger partial charge is 0.251 e. The number of carbonyl (C=O) groups excluding carboxylic acids is 3. The first-order valence-electron chi connectivity index (χ1n) is 9.09. The van der Waals surface area contributed by atoms with Gasteiger partial charge in [-0.1, -0.05) is 12.1 Å². The lowest BCUT2D eigenvalue weighted by Gasteiger charge is -2.36. The van der Waals surface area contributed by atoms with Crippen molar-refractivity contribution in [1.82, 2.24) is 15.1 Å². The van der Waals surface area contributed by atoms with Crippen molar-refractivity contribution in [3.63, 3.8) is 0 Å². The fourth-order valence-corrected chi connectivity index (χ4v) is 3.66. The van der Waals surface area contributed by atoms with Crippen LogP contribution in [0.15, 0.2) is 47.1 Å². The molecule has 1 N–H and O–H groups in total. The number of rotatable bonds is 5. The molecule has 27 heavy (non-hydrogen) atoms. The Labute approximate surface area is 156 Å². The zero-order valence-corrected chi connectivity index (χ0v) is 14.9. The molecule has 7 heteroatoms. The van der Waals surface area contributed by atoms with Gasteiger partial charge in [0.25, 0.3) is 5.91 Å². The number of amides is 3. The monoisotopic (exact) mass is 367 g/mol. The highest BCUT2D eigenvalue weighted by atomic mass is 16.3. The molecule has 0 aliphatic carbocycles. The van der Waals surface area contributed by atoms with Crippen LogP contribution >= 0.6 is 0 Å². The van der Waals surface area contributed by atoms with Gasteiger partial charge in [-0.25, -0.2) is 0 Å². The summed E-state index contributed by atoms with van der Waals surface area (Å²) < 4.78 is 5.19. The van der Waals surface area contributed by atoms with E-state index < -0.39 is 0 Å². The van der Waals surface area contributed by atoms with Gasteiger partial charge in [-0.15, -0.1) is 0 Å². The Morgan fingerprint density at radius 3 is 2.74 bits per heavy atom. The topological polar surface area (TPSA) is 82.9 Å². The fraction of sp³-hybridized carbons (Fsp3) is 0.350. The molecule has 7 nitrogen and oxygen atoms in total. The van der Waals surface area contributed by atoms with Gasteiger partial charge in [0.05, 0.1) is 12.8 Å². The van der Waals surface area contributed by atoms with Gasteiger partial charge in [0.1, 0.15) is 18.3 Å². The Morgan fingerprint density at radius 2 is 2.00 bits per heavy atom. The van der Waals surface area contributed by atoms with Crippen molar-refractivity contribution in [3.8, 4) is 0 Å². The second-order valence-electron chi connectivity index (χ2n) is 6.90. The molecule has 3 heterocycles. The van der Waals surface area contributed by atoms with E-state index in [1.807, 2.05) is 12.1 Å². The Bertz CT molecular complexity index is 845. The molecule has 2 aliphatic heterocycles. The van der Waals surface area contributed by atoms with Crippen LogP contribution in [-0.4, -0.2) is 46.7 Å². The molecule has 3 amide bonds. The van der Waals surface area contributed by atoms with Crippen LogP contribution in [0.1, 0.15) is 34.5 Å². The SMILES string of the molecule is O=C(NCc1ccco1)c1ccc(CN2CC(=O)N3CCC[C@@H]3C2=O)cc1. The molecule has 2 fully saturated rings. The molecular formula is C20H21N3O4. The van der Waals surface area contributed by atoms with Crippen LogP contribution in [0.25, 0.3) is 0 Å². The standard InChI is InChI=1S/C20H21N3O4/c24-18-13-22(20(26)17-4-1-9-23(17)18)12-14-5-7-15(8-6-14)19(25)21-11-16-3-2-10-27-16/h2-3,5-8,10,17H,1,4,9,11-13H2,(H,21,25)/t17-/m1/s1.